The van der Waals surface area contributed by atoms with E-state index in [1.807, 2.05) is 42.3 Å². The lowest BCUT2D eigenvalue weighted by molar-refractivity contribution is -0.137. The topological polar surface area (TPSA) is 29.5 Å². The molecule has 0 saturated heterocycles. The van der Waals surface area contributed by atoms with E-state index in [1.165, 1.54) is 6.08 Å². The van der Waals surface area contributed by atoms with Gasteiger partial charge >= 0.3 is 5.97 Å². The third-order valence-electron chi connectivity index (χ3n) is 2.34. The van der Waals surface area contributed by atoms with Crippen LogP contribution in [0.5, 0.6) is 0 Å². The van der Waals surface area contributed by atoms with Crippen molar-refractivity contribution in [3.63, 3.8) is 0 Å². The standard InChI is InChI=1S/C14H19NO2/c1-3-4-12-17-14(16)10-11-15(2)13-8-6-5-7-9-13/h5-11H,3-4,12H2,1-2H3/b11-10+. The predicted molar refractivity (Wildman–Crippen MR) is 69.9 cm³/mol. The quantitative estimate of drug-likeness (QED) is 0.430. The molecule has 92 valence electrons. The molecule has 0 radical (unpaired) electrons. The van der Waals surface area contributed by atoms with Crippen molar-refractivity contribution >= 4 is 11.7 Å². The third kappa shape index (κ3) is 5.20. The number of carbonyl (C=O) groups excluding carboxylic acids is 1. The first-order chi connectivity index (χ1) is 8.24. The second kappa shape index (κ2) is 7.49. The number of benzene rings is 1. The van der Waals surface area contributed by atoms with Gasteiger partial charge in [0.1, 0.15) is 0 Å². The van der Waals surface area contributed by atoms with Crippen molar-refractivity contribution < 1.29 is 9.53 Å². The van der Waals surface area contributed by atoms with Gasteiger partial charge in [-0.2, -0.15) is 0 Å². The zero-order chi connectivity index (χ0) is 12.5. The first-order valence-corrected chi connectivity index (χ1v) is 5.87. The third-order valence-corrected chi connectivity index (χ3v) is 2.34. The summed E-state index contributed by atoms with van der Waals surface area (Å²) in [5, 5.41) is 0. The number of anilines is 1. The summed E-state index contributed by atoms with van der Waals surface area (Å²) < 4.78 is 5.02. The maximum absolute atomic E-state index is 11.3. The molecular formula is C14H19NO2. The van der Waals surface area contributed by atoms with Crippen molar-refractivity contribution in [3.8, 4) is 0 Å². The Labute approximate surface area is 103 Å². The summed E-state index contributed by atoms with van der Waals surface area (Å²) in [6, 6.07) is 9.83. The van der Waals surface area contributed by atoms with Gasteiger partial charge in [0.05, 0.1) is 6.61 Å². The lowest BCUT2D eigenvalue weighted by atomic mass is 10.3. The minimum Gasteiger partial charge on any atom is -0.462 e. The van der Waals surface area contributed by atoms with Gasteiger partial charge in [0.2, 0.25) is 0 Å². The number of hydrogen-bond acceptors (Lipinski definition) is 3. The van der Waals surface area contributed by atoms with Crippen molar-refractivity contribution in [1.29, 1.82) is 0 Å². The number of para-hydroxylation sites is 1. The van der Waals surface area contributed by atoms with Gasteiger partial charge in [-0.1, -0.05) is 31.5 Å². The molecule has 0 N–H and O–H groups in total. The molecule has 0 amide bonds. The Bertz CT molecular complexity index is 360. The van der Waals surface area contributed by atoms with Crippen LogP contribution >= 0.6 is 0 Å². The molecule has 0 saturated carbocycles. The fraction of sp³-hybridized carbons (Fsp3) is 0.357. The van der Waals surface area contributed by atoms with Gasteiger partial charge in [-0.25, -0.2) is 4.79 Å². The van der Waals surface area contributed by atoms with E-state index in [0.717, 1.165) is 18.5 Å². The summed E-state index contributed by atoms with van der Waals surface area (Å²) in [6.45, 7) is 2.56. The highest BCUT2D eigenvalue weighted by molar-refractivity contribution is 5.82. The highest BCUT2D eigenvalue weighted by Crippen LogP contribution is 2.10. The van der Waals surface area contributed by atoms with E-state index in [2.05, 4.69) is 6.92 Å². The molecular weight excluding hydrogens is 214 g/mol. The van der Waals surface area contributed by atoms with Gasteiger partial charge in [-0.3, -0.25) is 0 Å². The van der Waals surface area contributed by atoms with Gasteiger partial charge in [0.25, 0.3) is 0 Å². The molecule has 0 aliphatic heterocycles. The second-order valence-corrected chi connectivity index (χ2v) is 3.78. The largest absolute Gasteiger partial charge is 0.462 e. The van der Waals surface area contributed by atoms with Gasteiger partial charge in [-0.15, -0.1) is 0 Å². The summed E-state index contributed by atoms with van der Waals surface area (Å²) in [5.74, 6) is -0.291. The Morgan fingerprint density at radius 1 is 1.35 bits per heavy atom. The van der Waals surface area contributed by atoms with Crippen LogP contribution in [0.2, 0.25) is 0 Å². The maximum Gasteiger partial charge on any atom is 0.332 e. The van der Waals surface area contributed by atoms with Crippen molar-refractivity contribution in [2.24, 2.45) is 0 Å². The van der Waals surface area contributed by atoms with Crippen molar-refractivity contribution in [2.75, 3.05) is 18.6 Å². The number of hydrogen-bond donors (Lipinski definition) is 0. The van der Waals surface area contributed by atoms with E-state index in [1.54, 1.807) is 6.20 Å². The van der Waals surface area contributed by atoms with Crippen LogP contribution in [0.4, 0.5) is 5.69 Å². The summed E-state index contributed by atoms with van der Waals surface area (Å²) in [7, 11) is 1.89. The van der Waals surface area contributed by atoms with Gasteiger partial charge < -0.3 is 9.64 Å². The minimum absolute atomic E-state index is 0.291. The molecule has 1 rings (SSSR count). The van der Waals surface area contributed by atoms with Crippen LogP contribution in [-0.2, 0) is 9.53 Å². The number of carbonyl (C=O) groups is 1. The molecule has 0 aliphatic rings. The zero-order valence-corrected chi connectivity index (χ0v) is 10.4. The molecule has 0 aromatic heterocycles. The van der Waals surface area contributed by atoms with Crippen LogP contribution in [0.1, 0.15) is 19.8 Å². The number of rotatable bonds is 6. The smallest absolute Gasteiger partial charge is 0.332 e. The number of esters is 1. The van der Waals surface area contributed by atoms with Crippen LogP contribution < -0.4 is 4.90 Å². The normalized spacial score (nSPS) is 10.5. The van der Waals surface area contributed by atoms with Crippen molar-refractivity contribution in [2.45, 2.75) is 19.8 Å². The first kappa shape index (κ1) is 13.3. The number of unbranched alkanes of at least 4 members (excludes halogenated alkanes) is 1. The fourth-order valence-electron chi connectivity index (χ4n) is 1.29. The molecule has 3 heteroatoms. The van der Waals surface area contributed by atoms with Crippen molar-refractivity contribution in [1.82, 2.24) is 0 Å². The lowest BCUT2D eigenvalue weighted by Crippen LogP contribution is -2.10. The maximum atomic E-state index is 11.3. The monoisotopic (exact) mass is 233 g/mol. The molecule has 0 fully saturated rings. The molecule has 0 aliphatic carbocycles. The number of nitrogens with zero attached hydrogens (tertiary/aromatic N) is 1. The van der Waals surface area contributed by atoms with Crippen LogP contribution in [-0.4, -0.2) is 19.6 Å². The molecule has 0 atom stereocenters. The molecule has 3 nitrogen and oxygen atoms in total. The summed E-state index contributed by atoms with van der Waals surface area (Å²) in [6.07, 6.45) is 5.10. The fourth-order valence-corrected chi connectivity index (χ4v) is 1.29. The molecule has 1 aromatic carbocycles. The molecule has 1 aromatic rings. The molecule has 0 unspecified atom stereocenters. The van der Waals surface area contributed by atoms with Gasteiger partial charge in [0, 0.05) is 25.0 Å². The highest BCUT2D eigenvalue weighted by Gasteiger charge is 1.98. The van der Waals surface area contributed by atoms with E-state index in [9.17, 15) is 4.79 Å². The summed E-state index contributed by atoms with van der Waals surface area (Å²) in [5.41, 5.74) is 1.03. The predicted octanol–water partition coefficient (Wildman–Crippen LogP) is 2.98. The highest BCUT2D eigenvalue weighted by atomic mass is 16.5. The Kier molecular flexibility index (Phi) is 5.86. The van der Waals surface area contributed by atoms with Crippen LogP contribution in [0.15, 0.2) is 42.6 Å². The van der Waals surface area contributed by atoms with Gasteiger partial charge in [-0.05, 0) is 18.6 Å². The van der Waals surface area contributed by atoms with E-state index < -0.39 is 0 Å². The van der Waals surface area contributed by atoms with Crippen LogP contribution in [0.25, 0.3) is 0 Å². The average molecular weight is 233 g/mol. The minimum atomic E-state index is -0.291. The van der Waals surface area contributed by atoms with E-state index in [0.29, 0.717) is 6.61 Å². The van der Waals surface area contributed by atoms with Crippen LogP contribution in [0.3, 0.4) is 0 Å². The van der Waals surface area contributed by atoms with E-state index in [4.69, 9.17) is 4.74 Å². The molecule has 0 bridgehead atoms. The Morgan fingerprint density at radius 2 is 2.06 bits per heavy atom. The van der Waals surface area contributed by atoms with Gasteiger partial charge in [0.15, 0.2) is 0 Å². The molecule has 0 heterocycles. The van der Waals surface area contributed by atoms with E-state index >= 15 is 0 Å². The van der Waals surface area contributed by atoms with Crippen LogP contribution in [0, 0.1) is 0 Å². The molecule has 17 heavy (non-hydrogen) atoms. The Morgan fingerprint density at radius 3 is 2.71 bits per heavy atom. The number of ether oxygens (including phenoxy) is 1. The average Bonchev–Trinajstić information content (AvgIpc) is 2.37. The van der Waals surface area contributed by atoms with Crippen molar-refractivity contribution in [3.05, 3.63) is 42.6 Å². The second-order valence-electron chi connectivity index (χ2n) is 3.78. The first-order valence-electron chi connectivity index (χ1n) is 5.87. The Balaban J connectivity index is 2.40. The summed E-state index contributed by atoms with van der Waals surface area (Å²) >= 11 is 0. The zero-order valence-electron chi connectivity index (χ0n) is 10.4. The molecule has 0 spiro atoms. The summed E-state index contributed by atoms with van der Waals surface area (Å²) in [4.78, 5) is 13.2. The lowest BCUT2D eigenvalue weighted by Gasteiger charge is -2.13. The Hall–Kier alpha value is -1.77. The van der Waals surface area contributed by atoms with E-state index in [-0.39, 0.29) is 5.97 Å². The SMILES string of the molecule is CCCCOC(=O)/C=C/N(C)c1ccccc1.